The number of carbonyl (C=O) groups excluding carboxylic acids is 3. The van der Waals surface area contributed by atoms with Gasteiger partial charge in [0, 0.05) is 19.3 Å². The minimum Gasteiger partial charge on any atom is -0.453 e. The van der Waals surface area contributed by atoms with Gasteiger partial charge in [-0.25, -0.2) is 19.8 Å². The number of hydrogen-bond donors (Lipinski definition) is 3. The number of ether oxygens (including phenoxy) is 1. The van der Waals surface area contributed by atoms with E-state index < -0.39 is 18.2 Å². The lowest BCUT2D eigenvalue weighted by Gasteiger charge is -2.29. The molecule has 0 unspecified atom stereocenters. The minimum absolute atomic E-state index is 0.00675. The molecule has 4 atom stereocenters. The molecule has 4 aromatic rings. The Morgan fingerprint density at radius 1 is 0.889 bits per heavy atom. The highest BCUT2D eigenvalue weighted by Gasteiger charge is 2.38. The largest absolute Gasteiger partial charge is 0.453 e. The molecule has 54 heavy (non-hydrogen) atoms. The average Bonchev–Trinajstić information content (AvgIpc) is 4.00. The second-order valence-electron chi connectivity index (χ2n) is 14.8. The number of hydrogen-bond acceptors (Lipinski definition) is 9. The van der Waals surface area contributed by atoms with Gasteiger partial charge < -0.3 is 34.7 Å². The maximum Gasteiger partial charge on any atom is 0.407 e. The van der Waals surface area contributed by atoms with Crippen LogP contribution in [0.1, 0.15) is 88.4 Å². The SMILES string of the molecule is COO/C=N\[C@H](C(=O)N1CCC[C@H]1c1nc2cc(-c3ccc(CCc4c[nH]c([C@@H]5CCCN5C(=O)[C@@H](NC(=O)OC)C(C)C)n4)cc3)ccc2[nH]1)C(C)C. The first kappa shape index (κ1) is 38.5. The van der Waals surface area contributed by atoms with Gasteiger partial charge >= 0.3 is 6.09 Å². The van der Waals surface area contributed by atoms with Crippen LogP contribution in [0, 0.1) is 11.8 Å². The highest BCUT2D eigenvalue weighted by atomic mass is 17.2. The van der Waals surface area contributed by atoms with Crippen molar-refractivity contribution in [1.29, 1.82) is 0 Å². The van der Waals surface area contributed by atoms with Gasteiger partial charge in [-0.15, -0.1) is 0 Å². The van der Waals surface area contributed by atoms with E-state index in [1.165, 1.54) is 26.2 Å². The summed E-state index contributed by atoms with van der Waals surface area (Å²) in [6, 6.07) is 13.2. The fraction of sp³-hybridized carbons (Fsp3) is 0.500. The zero-order valence-corrected chi connectivity index (χ0v) is 32.0. The normalized spacial score (nSPS) is 18.6. The van der Waals surface area contributed by atoms with Crippen molar-refractivity contribution >= 4 is 35.3 Å². The Hall–Kier alpha value is -5.24. The lowest BCUT2D eigenvalue weighted by Crippen LogP contribution is -2.51. The number of imidazole rings is 2. The number of methoxy groups -OCH3 is 1. The Bertz CT molecular complexity index is 1940. The standard InChI is InChI=1S/C40H52N8O6/c1-24(2)34(42-23-54-53-6)38(49)48-20-8-10-33(48)37-44-30-18-16-28(21-31(30)45-37)27-14-11-26(12-15-27)13-17-29-22-41-36(43-29)32-9-7-19-47(32)39(50)35(25(3)4)46-40(51)52-5/h11-12,14-16,18,21-25,32-35H,7-10,13,17,19-20H2,1-6H3,(H,41,43)(H,44,45)(H,46,51)/b42-23-/t32-,33-,34-,35-/m0/s1. The Balaban J connectivity index is 1.08. The number of aromatic nitrogens is 4. The van der Waals surface area contributed by atoms with E-state index in [1.807, 2.05) is 49.8 Å². The fourth-order valence-electron chi connectivity index (χ4n) is 7.51. The van der Waals surface area contributed by atoms with Gasteiger partial charge in [0.05, 0.1) is 43.0 Å². The first-order valence-corrected chi connectivity index (χ1v) is 18.9. The first-order valence-electron chi connectivity index (χ1n) is 18.9. The number of nitrogens with zero attached hydrogens (tertiary/aromatic N) is 5. The van der Waals surface area contributed by atoms with Gasteiger partial charge in [0.15, 0.2) is 0 Å². The maximum atomic E-state index is 13.6. The molecule has 0 aliphatic carbocycles. The van der Waals surface area contributed by atoms with Crippen molar-refractivity contribution in [3.63, 3.8) is 0 Å². The Labute approximate surface area is 316 Å². The van der Waals surface area contributed by atoms with Crippen molar-refractivity contribution in [2.75, 3.05) is 27.3 Å². The van der Waals surface area contributed by atoms with E-state index in [1.54, 1.807) is 0 Å². The number of benzene rings is 2. The van der Waals surface area contributed by atoms with Gasteiger partial charge in [-0.3, -0.25) is 9.59 Å². The summed E-state index contributed by atoms with van der Waals surface area (Å²) >= 11 is 0. The summed E-state index contributed by atoms with van der Waals surface area (Å²) in [6.45, 7) is 9.03. The van der Waals surface area contributed by atoms with Crippen molar-refractivity contribution in [1.82, 2.24) is 35.1 Å². The molecule has 3 N–H and O–H groups in total. The number of H-pyrrole nitrogens is 2. The van der Waals surface area contributed by atoms with Crippen molar-refractivity contribution < 1.29 is 28.9 Å². The lowest BCUT2D eigenvalue weighted by molar-refractivity contribution is -0.188. The summed E-state index contributed by atoms with van der Waals surface area (Å²) in [7, 11) is 2.69. The number of alkyl carbamates (subject to hydrolysis) is 1. The molecule has 0 spiro atoms. The molecule has 2 aromatic heterocycles. The van der Waals surface area contributed by atoms with E-state index in [9.17, 15) is 14.4 Å². The van der Waals surface area contributed by atoms with Crippen LogP contribution in [0.25, 0.3) is 22.2 Å². The molecule has 6 rings (SSSR count). The summed E-state index contributed by atoms with van der Waals surface area (Å²) in [5, 5.41) is 2.70. The predicted octanol–water partition coefficient (Wildman–Crippen LogP) is 6.08. The van der Waals surface area contributed by atoms with Gasteiger partial charge in [-0.1, -0.05) is 58.0 Å². The van der Waals surface area contributed by atoms with Crippen LogP contribution in [0.5, 0.6) is 0 Å². The van der Waals surface area contributed by atoms with E-state index in [-0.39, 0.29) is 35.7 Å². The molecule has 3 amide bonds. The molecule has 2 aromatic carbocycles. The van der Waals surface area contributed by atoms with Gasteiger partial charge in [0.2, 0.25) is 18.2 Å². The molecule has 288 valence electrons. The van der Waals surface area contributed by atoms with Gasteiger partial charge in [-0.05, 0) is 79.2 Å². The maximum absolute atomic E-state index is 13.6. The third-order valence-corrected chi connectivity index (χ3v) is 10.4. The summed E-state index contributed by atoms with van der Waals surface area (Å²) in [4.78, 5) is 73.1. The molecule has 0 radical (unpaired) electrons. The second kappa shape index (κ2) is 17.3. The topological polar surface area (TPSA) is 167 Å². The highest BCUT2D eigenvalue weighted by molar-refractivity contribution is 5.87. The molecule has 2 aliphatic heterocycles. The molecule has 0 saturated carbocycles. The van der Waals surface area contributed by atoms with Crippen molar-refractivity contribution in [3.8, 4) is 11.1 Å². The van der Waals surface area contributed by atoms with Gasteiger partial charge in [0.25, 0.3) is 0 Å². The number of aliphatic imine (C=N–C) groups is 1. The number of amides is 3. The number of aromatic amines is 2. The number of nitrogens with one attached hydrogen (secondary N) is 3. The van der Waals surface area contributed by atoms with E-state index in [2.05, 4.69) is 61.6 Å². The van der Waals surface area contributed by atoms with Crippen molar-refractivity contribution in [3.05, 3.63) is 71.6 Å². The molecule has 2 aliphatic rings. The van der Waals surface area contributed by atoms with Crippen LogP contribution in [0.2, 0.25) is 0 Å². The molecule has 2 saturated heterocycles. The Morgan fingerprint density at radius 3 is 2.24 bits per heavy atom. The summed E-state index contributed by atoms with van der Waals surface area (Å²) in [5.74, 6) is 1.30. The lowest BCUT2D eigenvalue weighted by atomic mass is 10.0. The van der Waals surface area contributed by atoms with Crippen LogP contribution >= 0.6 is 0 Å². The zero-order valence-electron chi connectivity index (χ0n) is 32.0. The summed E-state index contributed by atoms with van der Waals surface area (Å²) < 4.78 is 4.75. The average molecular weight is 741 g/mol. The molecule has 14 heteroatoms. The molecule has 0 bridgehead atoms. The molecule has 2 fully saturated rings. The smallest absolute Gasteiger partial charge is 0.407 e. The number of carbonyl (C=O) groups is 3. The molecular weight excluding hydrogens is 688 g/mol. The number of fused-ring (bicyclic) bond motifs is 1. The van der Waals surface area contributed by atoms with E-state index in [4.69, 9.17) is 19.6 Å². The summed E-state index contributed by atoms with van der Waals surface area (Å²) in [5.41, 5.74) is 6.07. The number of likely N-dealkylation sites (tertiary alicyclic amines) is 2. The number of aryl methyl sites for hydroxylation is 2. The Kier molecular flexibility index (Phi) is 12.3. The van der Waals surface area contributed by atoms with Crippen LogP contribution < -0.4 is 5.32 Å². The van der Waals surface area contributed by atoms with Crippen molar-refractivity contribution in [2.45, 2.75) is 90.4 Å². The van der Waals surface area contributed by atoms with E-state index in [0.717, 1.165) is 78.0 Å². The second-order valence-corrected chi connectivity index (χ2v) is 14.8. The minimum atomic E-state index is -0.666. The molecular formula is C40H52N8O6. The van der Waals surface area contributed by atoms with Crippen molar-refractivity contribution in [2.24, 2.45) is 16.8 Å². The van der Waals surface area contributed by atoms with Crippen LogP contribution in [-0.4, -0.2) is 93.4 Å². The third-order valence-electron chi connectivity index (χ3n) is 10.4. The monoisotopic (exact) mass is 740 g/mol. The van der Waals surface area contributed by atoms with Gasteiger partial charge in [0.1, 0.15) is 23.7 Å². The van der Waals surface area contributed by atoms with Gasteiger partial charge in [-0.2, -0.15) is 4.89 Å². The summed E-state index contributed by atoms with van der Waals surface area (Å²) in [6.07, 6.45) is 7.48. The Morgan fingerprint density at radius 2 is 1.57 bits per heavy atom. The molecule has 14 nitrogen and oxygen atoms in total. The van der Waals surface area contributed by atoms with Crippen LogP contribution in [0.3, 0.4) is 0 Å². The quantitative estimate of drug-likeness (QED) is 0.0606. The fourth-order valence-corrected chi connectivity index (χ4v) is 7.51. The predicted molar refractivity (Wildman–Crippen MR) is 204 cm³/mol. The number of rotatable bonds is 14. The third kappa shape index (κ3) is 8.59. The molecule has 4 heterocycles. The van der Waals surface area contributed by atoms with Crippen LogP contribution in [-0.2, 0) is 36.9 Å². The van der Waals surface area contributed by atoms with E-state index >= 15 is 0 Å². The highest BCUT2D eigenvalue weighted by Crippen LogP contribution is 2.35. The zero-order chi connectivity index (χ0) is 38.4. The van der Waals surface area contributed by atoms with Crippen LogP contribution in [0.4, 0.5) is 4.79 Å². The van der Waals surface area contributed by atoms with Crippen LogP contribution in [0.15, 0.2) is 53.7 Å². The first-order chi connectivity index (χ1) is 26.1. The van der Waals surface area contributed by atoms with E-state index in [0.29, 0.717) is 13.1 Å².